The Morgan fingerprint density at radius 1 is 1.18 bits per heavy atom. The Morgan fingerprint density at radius 3 is 2.24 bits per heavy atom. The quantitative estimate of drug-likeness (QED) is 0.741. The lowest BCUT2D eigenvalue weighted by atomic mass is 10.2. The van der Waals surface area contributed by atoms with Crippen LogP contribution in [0.15, 0.2) is 0 Å². The van der Waals surface area contributed by atoms with Crippen LogP contribution in [0, 0.1) is 0 Å². The molecular formula is C13H24N2O2. The predicted molar refractivity (Wildman–Crippen MR) is 66.9 cm³/mol. The van der Waals surface area contributed by atoms with E-state index < -0.39 is 0 Å². The van der Waals surface area contributed by atoms with Crippen molar-refractivity contribution in [1.29, 1.82) is 0 Å². The second kappa shape index (κ2) is 4.94. The van der Waals surface area contributed by atoms with E-state index in [9.17, 15) is 4.79 Å². The lowest BCUT2D eigenvalue weighted by Crippen LogP contribution is -2.50. The van der Waals surface area contributed by atoms with Gasteiger partial charge in [-0.25, -0.2) is 0 Å². The maximum atomic E-state index is 11.9. The molecule has 2 fully saturated rings. The highest BCUT2D eigenvalue weighted by Crippen LogP contribution is 2.27. The molecule has 4 heteroatoms. The highest BCUT2D eigenvalue weighted by atomic mass is 16.5. The van der Waals surface area contributed by atoms with Crippen LogP contribution in [0.1, 0.15) is 33.6 Å². The molecule has 0 atom stereocenters. The van der Waals surface area contributed by atoms with Gasteiger partial charge in [-0.05, 0) is 33.6 Å². The monoisotopic (exact) mass is 240 g/mol. The van der Waals surface area contributed by atoms with Gasteiger partial charge in [-0.3, -0.25) is 9.69 Å². The van der Waals surface area contributed by atoms with Crippen LogP contribution < -0.4 is 0 Å². The second-order valence-electron chi connectivity index (χ2n) is 6.05. The van der Waals surface area contributed by atoms with Gasteiger partial charge in [-0.15, -0.1) is 0 Å². The topological polar surface area (TPSA) is 32.8 Å². The Hall–Kier alpha value is -0.610. The van der Waals surface area contributed by atoms with Crippen LogP contribution in [0.5, 0.6) is 0 Å². The maximum absolute atomic E-state index is 11.9. The molecule has 2 rings (SSSR count). The normalized spacial score (nSPS) is 22.9. The molecule has 1 amide bonds. The molecule has 0 radical (unpaired) electrons. The van der Waals surface area contributed by atoms with E-state index in [-0.39, 0.29) is 18.1 Å². The second-order valence-corrected chi connectivity index (χ2v) is 6.05. The first-order valence-corrected chi connectivity index (χ1v) is 6.61. The summed E-state index contributed by atoms with van der Waals surface area (Å²) < 4.78 is 5.53. The first-order valence-electron chi connectivity index (χ1n) is 6.61. The van der Waals surface area contributed by atoms with E-state index in [1.165, 1.54) is 12.8 Å². The zero-order valence-corrected chi connectivity index (χ0v) is 11.2. The number of ether oxygens (including phenoxy) is 1. The summed E-state index contributed by atoms with van der Waals surface area (Å²) in [5.74, 6) is 0.135. The fourth-order valence-electron chi connectivity index (χ4n) is 2.15. The summed E-state index contributed by atoms with van der Waals surface area (Å²) in [7, 11) is 0. The molecule has 17 heavy (non-hydrogen) atoms. The number of carbonyl (C=O) groups excluding carboxylic acids is 1. The minimum absolute atomic E-state index is 0.135. The number of carbonyl (C=O) groups is 1. The Morgan fingerprint density at radius 2 is 1.76 bits per heavy atom. The molecule has 0 N–H and O–H groups in total. The van der Waals surface area contributed by atoms with Gasteiger partial charge < -0.3 is 9.64 Å². The minimum Gasteiger partial charge on any atom is -0.366 e. The highest BCUT2D eigenvalue weighted by molar-refractivity contribution is 5.77. The summed E-state index contributed by atoms with van der Waals surface area (Å²) in [6.07, 6.45) is 2.70. The zero-order valence-electron chi connectivity index (χ0n) is 11.2. The molecule has 1 heterocycles. The van der Waals surface area contributed by atoms with Crippen LogP contribution in [0.2, 0.25) is 0 Å². The van der Waals surface area contributed by atoms with Crippen LogP contribution >= 0.6 is 0 Å². The molecule has 1 saturated carbocycles. The van der Waals surface area contributed by atoms with E-state index in [4.69, 9.17) is 4.74 Å². The first kappa shape index (κ1) is 12.8. The van der Waals surface area contributed by atoms with Crippen molar-refractivity contribution in [3.8, 4) is 0 Å². The van der Waals surface area contributed by atoms with E-state index in [0.717, 1.165) is 32.2 Å². The number of amides is 1. The van der Waals surface area contributed by atoms with Gasteiger partial charge in [0, 0.05) is 32.2 Å². The molecule has 0 spiro atoms. The molecule has 98 valence electrons. The molecule has 0 aromatic heterocycles. The Kier molecular flexibility index (Phi) is 3.73. The summed E-state index contributed by atoms with van der Waals surface area (Å²) in [6, 6.07) is 0.818. The number of piperazine rings is 1. The van der Waals surface area contributed by atoms with Crippen LogP contribution in [-0.2, 0) is 9.53 Å². The van der Waals surface area contributed by atoms with Crippen molar-refractivity contribution in [3.05, 3.63) is 0 Å². The Bertz CT molecular complexity index is 274. The molecule has 1 aliphatic carbocycles. The third-order valence-electron chi connectivity index (χ3n) is 3.36. The molecule has 1 saturated heterocycles. The summed E-state index contributed by atoms with van der Waals surface area (Å²) in [5, 5.41) is 0. The third-order valence-corrected chi connectivity index (χ3v) is 3.36. The number of rotatable bonds is 3. The predicted octanol–water partition coefficient (Wildman–Crippen LogP) is 1.11. The average molecular weight is 240 g/mol. The SMILES string of the molecule is CC(C)(C)OCC(=O)N1CCN(C2CC2)CC1. The average Bonchev–Trinajstić information content (AvgIpc) is 3.09. The minimum atomic E-state index is -0.231. The summed E-state index contributed by atoms with van der Waals surface area (Å²) in [5.41, 5.74) is -0.231. The molecule has 0 aromatic rings. The smallest absolute Gasteiger partial charge is 0.248 e. The van der Waals surface area contributed by atoms with Crippen molar-refractivity contribution in [2.75, 3.05) is 32.8 Å². The van der Waals surface area contributed by atoms with Crippen LogP contribution in [0.3, 0.4) is 0 Å². The van der Waals surface area contributed by atoms with Gasteiger partial charge in [0.2, 0.25) is 5.91 Å². The van der Waals surface area contributed by atoms with E-state index in [1.807, 2.05) is 25.7 Å². The highest BCUT2D eigenvalue weighted by Gasteiger charge is 2.32. The number of nitrogens with zero attached hydrogens (tertiary/aromatic N) is 2. The fourth-order valence-corrected chi connectivity index (χ4v) is 2.15. The van der Waals surface area contributed by atoms with Crippen molar-refractivity contribution >= 4 is 5.91 Å². The lowest BCUT2D eigenvalue weighted by molar-refractivity contribution is -0.142. The van der Waals surface area contributed by atoms with Crippen molar-refractivity contribution < 1.29 is 9.53 Å². The van der Waals surface area contributed by atoms with Gasteiger partial charge in [0.1, 0.15) is 6.61 Å². The van der Waals surface area contributed by atoms with Crippen LogP contribution in [-0.4, -0.2) is 60.1 Å². The molecular weight excluding hydrogens is 216 g/mol. The van der Waals surface area contributed by atoms with Crippen molar-refractivity contribution in [2.24, 2.45) is 0 Å². The van der Waals surface area contributed by atoms with Gasteiger partial charge >= 0.3 is 0 Å². The number of hydrogen-bond donors (Lipinski definition) is 0. The molecule has 0 bridgehead atoms. The summed E-state index contributed by atoms with van der Waals surface area (Å²) >= 11 is 0. The zero-order chi connectivity index (χ0) is 12.5. The Balaban J connectivity index is 1.70. The molecule has 0 unspecified atom stereocenters. The molecule has 0 aromatic carbocycles. The number of hydrogen-bond acceptors (Lipinski definition) is 3. The lowest BCUT2D eigenvalue weighted by Gasteiger charge is -2.35. The molecule has 4 nitrogen and oxygen atoms in total. The van der Waals surface area contributed by atoms with Gasteiger partial charge in [-0.1, -0.05) is 0 Å². The van der Waals surface area contributed by atoms with Crippen molar-refractivity contribution in [3.63, 3.8) is 0 Å². The summed E-state index contributed by atoms with van der Waals surface area (Å²) in [4.78, 5) is 16.4. The largest absolute Gasteiger partial charge is 0.366 e. The standard InChI is InChI=1S/C13H24N2O2/c1-13(2,3)17-10-12(16)15-8-6-14(7-9-15)11-4-5-11/h11H,4-10H2,1-3H3. The van der Waals surface area contributed by atoms with Gasteiger partial charge in [-0.2, -0.15) is 0 Å². The van der Waals surface area contributed by atoms with Gasteiger partial charge in [0.05, 0.1) is 5.60 Å². The first-order chi connectivity index (χ1) is 7.96. The van der Waals surface area contributed by atoms with E-state index in [2.05, 4.69) is 4.90 Å². The van der Waals surface area contributed by atoms with Gasteiger partial charge in [0.25, 0.3) is 0 Å². The van der Waals surface area contributed by atoms with Crippen LogP contribution in [0.4, 0.5) is 0 Å². The van der Waals surface area contributed by atoms with E-state index in [0.29, 0.717) is 0 Å². The maximum Gasteiger partial charge on any atom is 0.248 e. The summed E-state index contributed by atoms with van der Waals surface area (Å²) in [6.45, 7) is 9.94. The van der Waals surface area contributed by atoms with E-state index in [1.54, 1.807) is 0 Å². The van der Waals surface area contributed by atoms with Crippen LogP contribution in [0.25, 0.3) is 0 Å². The van der Waals surface area contributed by atoms with E-state index >= 15 is 0 Å². The van der Waals surface area contributed by atoms with Crippen molar-refractivity contribution in [1.82, 2.24) is 9.80 Å². The Labute approximate surface area is 104 Å². The molecule has 1 aliphatic heterocycles. The van der Waals surface area contributed by atoms with Gasteiger partial charge in [0.15, 0.2) is 0 Å². The molecule has 2 aliphatic rings. The fraction of sp³-hybridized carbons (Fsp3) is 0.923. The third kappa shape index (κ3) is 3.96. The van der Waals surface area contributed by atoms with Crippen molar-refractivity contribution in [2.45, 2.75) is 45.3 Å².